The third-order valence-corrected chi connectivity index (χ3v) is 1.58. The molecule has 3 heteroatoms. The van der Waals surface area contributed by atoms with Gasteiger partial charge in [0.25, 0.3) is 0 Å². The highest BCUT2D eigenvalue weighted by molar-refractivity contribution is 5.77. The van der Waals surface area contributed by atoms with Crippen LogP contribution in [0.1, 0.15) is 34.1 Å². The summed E-state index contributed by atoms with van der Waals surface area (Å²) in [6, 6.07) is -0.189. The molecule has 1 unspecified atom stereocenters. The van der Waals surface area contributed by atoms with Gasteiger partial charge in [0.05, 0.1) is 11.6 Å². The van der Waals surface area contributed by atoms with Crippen molar-refractivity contribution in [1.29, 1.82) is 0 Å². The number of terminal acetylenes is 1. The minimum absolute atomic E-state index is 0.0572. The quantitative estimate of drug-likeness (QED) is 0.690. The maximum Gasteiger partial charge on any atom is 0.246 e. The zero-order chi connectivity index (χ0) is 11.2. The van der Waals surface area contributed by atoms with Crippen LogP contribution in [0, 0.1) is 12.3 Å². The summed E-state index contributed by atoms with van der Waals surface area (Å²) in [6.07, 6.45) is 5.94. The molecule has 14 heavy (non-hydrogen) atoms. The summed E-state index contributed by atoms with van der Waals surface area (Å²) < 4.78 is 5.30. The van der Waals surface area contributed by atoms with E-state index in [1.54, 1.807) is 0 Å². The Hall–Kier alpha value is -1.01. The molecule has 0 saturated carbocycles. The van der Waals surface area contributed by atoms with Crippen molar-refractivity contribution in [3.05, 3.63) is 0 Å². The molecule has 1 atom stereocenters. The van der Waals surface area contributed by atoms with Gasteiger partial charge in [0.1, 0.15) is 6.61 Å². The highest BCUT2D eigenvalue weighted by Gasteiger charge is 2.14. The van der Waals surface area contributed by atoms with E-state index in [0.717, 1.165) is 6.42 Å². The lowest BCUT2D eigenvalue weighted by Crippen LogP contribution is -2.37. The van der Waals surface area contributed by atoms with Crippen LogP contribution in [0.4, 0.5) is 0 Å². The minimum atomic E-state index is -0.296. The predicted molar refractivity (Wildman–Crippen MR) is 56.8 cm³/mol. The van der Waals surface area contributed by atoms with E-state index in [0.29, 0.717) is 0 Å². The van der Waals surface area contributed by atoms with Gasteiger partial charge in [-0.15, -0.1) is 6.42 Å². The molecule has 0 aliphatic carbocycles. The van der Waals surface area contributed by atoms with Gasteiger partial charge in [-0.1, -0.05) is 12.8 Å². The van der Waals surface area contributed by atoms with Gasteiger partial charge in [-0.25, -0.2) is 0 Å². The van der Waals surface area contributed by atoms with Gasteiger partial charge < -0.3 is 10.1 Å². The van der Waals surface area contributed by atoms with Crippen LogP contribution in [-0.2, 0) is 9.53 Å². The first-order chi connectivity index (χ1) is 6.39. The standard InChI is InChI=1S/C11H19NO2/c1-6-9(7-2)12-10(13)8-14-11(3,4)5/h1,9H,7-8H2,2-5H3,(H,12,13). The van der Waals surface area contributed by atoms with Crippen LogP contribution in [0.5, 0.6) is 0 Å². The van der Waals surface area contributed by atoms with Gasteiger partial charge in [0, 0.05) is 0 Å². The Bertz CT molecular complexity index is 222. The third-order valence-electron chi connectivity index (χ3n) is 1.58. The molecule has 0 saturated heterocycles. The first kappa shape index (κ1) is 13.0. The molecule has 3 nitrogen and oxygen atoms in total. The number of nitrogens with one attached hydrogen (secondary N) is 1. The fourth-order valence-corrected chi connectivity index (χ4v) is 0.780. The van der Waals surface area contributed by atoms with E-state index >= 15 is 0 Å². The first-order valence-electron chi connectivity index (χ1n) is 4.78. The Morgan fingerprint density at radius 3 is 2.50 bits per heavy atom. The van der Waals surface area contributed by atoms with Crippen molar-refractivity contribution in [3.8, 4) is 12.3 Å². The van der Waals surface area contributed by atoms with Gasteiger partial charge in [-0.05, 0) is 27.2 Å². The van der Waals surface area contributed by atoms with Crippen LogP contribution < -0.4 is 5.32 Å². The van der Waals surface area contributed by atoms with E-state index in [2.05, 4.69) is 11.2 Å². The van der Waals surface area contributed by atoms with E-state index < -0.39 is 0 Å². The summed E-state index contributed by atoms with van der Waals surface area (Å²) >= 11 is 0. The monoisotopic (exact) mass is 197 g/mol. The fourth-order valence-electron chi connectivity index (χ4n) is 0.780. The second-order valence-electron chi connectivity index (χ2n) is 4.10. The van der Waals surface area contributed by atoms with Crippen molar-refractivity contribution in [2.45, 2.75) is 45.8 Å². The highest BCUT2D eigenvalue weighted by Crippen LogP contribution is 2.05. The number of amides is 1. The Morgan fingerprint density at radius 2 is 2.14 bits per heavy atom. The van der Waals surface area contributed by atoms with Crippen molar-refractivity contribution >= 4 is 5.91 Å². The van der Waals surface area contributed by atoms with E-state index in [9.17, 15) is 4.79 Å². The SMILES string of the molecule is C#CC(CC)NC(=O)COC(C)(C)C. The summed E-state index contributed by atoms with van der Waals surface area (Å²) in [5.74, 6) is 2.33. The molecule has 0 fully saturated rings. The average Bonchev–Trinajstić information content (AvgIpc) is 2.09. The molecule has 0 aliphatic heterocycles. The summed E-state index contributed by atoms with van der Waals surface area (Å²) in [5.41, 5.74) is -0.296. The molecule has 0 rings (SSSR count). The zero-order valence-corrected chi connectivity index (χ0v) is 9.39. The fraction of sp³-hybridized carbons (Fsp3) is 0.727. The molecular formula is C11H19NO2. The summed E-state index contributed by atoms with van der Waals surface area (Å²) in [7, 11) is 0. The Labute approximate surface area is 86.2 Å². The molecule has 0 bridgehead atoms. The molecule has 1 amide bonds. The molecule has 0 aliphatic rings. The molecule has 0 heterocycles. The van der Waals surface area contributed by atoms with E-state index in [1.807, 2.05) is 27.7 Å². The largest absolute Gasteiger partial charge is 0.366 e. The number of hydrogen-bond acceptors (Lipinski definition) is 2. The Kier molecular flexibility index (Phi) is 5.26. The second kappa shape index (κ2) is 5.66. The Morgan fingerprint density at radius 1 is 1.57 bits per heavy atom. The molecule has 80 valence electrons. The van der Waals surface area contributed by atoms with Crippen LogP contribution >= 0.6 is 0 Å². The van der Waals surface area contributed by atoms with Crippen LogP contribution in [0.2, 0.25) is 0 Å². The number of ether oxygens (including phenoxy) is 1. The first-order valence-corrected chi connectivity index (χ1v) is 4.78. The minimum Gasteiger partial charge on any atom is -0.366 e. The second-order valence-corrected chi connectivity index (χ2v) is 4.10. The lowest BCUT2D eigenvalue weighted by molar-refractivity contribution is -0.130. The van der Waals surface area contributed by atoms with Crippen LogP contribution in [0.25, 0.3) is 0 Å². The zero-order valence-electron chi connectivity index (χ0n) is 9.39. The summed E-state index contributed by atoms with van der Waals surface area (Å²) in [5, 5.41) is 2.69. The number of carbonyl (C=O) groups is 1. The van der Waals surface area contributed by atoms with Crippen molar-refractivity contribution in [3.63, 3.8) is 0 Å². The van der Waals surface area contributed by atoms with Crippen molar-refractivity contribution < 1.29 is 9.53 Å². The molecule has 0 spiro atoms. The number of hydrogen-bond donors (Lipinski definition) is 1. The Balaban J connectivity index is 3.83. The van der Waals surface area contributed by atoms with Crippen LogP contribution in [0.15, 0.2) is 0 Å². The molecule has 0 aromatic carbocycles. The van der Waals surface area contributed by atoms with E-state index in [1.165, 1.54) is 0 Å². The third kappa shape index (κ3) is 6.50. The summed E-state index contributed by atoms with van der Waals surface area (Å²) in [6.45, 7) is 7.69. The average molecular weight is 197 g/mol. The number of carbonyl (C=O) groups excluding carboxylic acids is 1. The van der Waals surface area contributed by atoms with Gasteiger partial charge in [-0.3, -0.25) is 4.79 Å². The molecule has 0 radical (unpaired) electrons. The highest BCUT2D eigenvalue weighted by atomic mass is 16.5. The smallest absolute Gasteiger partial charge is 0.246 e. The van der Waals surface area contributed by atoms with Crippen molar-refractivity contribution in [2.75, 3.05) is 6.61 Å². The molecule has 1 N–H and O–H groups in total. The molecule has 0 aromatic heterocycles. The van der Waals surface area contributed by atoms with Crippen LogP contribution in [-0.4, -0.2) is 24.2 Å². The van der Waals surface area contributed by atoms with Crippen molar-refractivity contribution in [2.24, 2.45) is 0 Å². The summed E-state index contributed by atoms with van der Waals surface area (Å²) in [4.78, 5) is 11.3. The predicted octanol–water partition coefficient (Wildman–Crippen LogP) is 1.33. The molecular weight excluding hydrogens is 178 g/mol. The number of rotatable bonds is 4. The maximum atomic E-state index is 11.3. The van der Waals surface area contributed by atoms with Gasteiger partial charge in [0.15, 0.2) is 0 Å². The lowest BCUT2D eigenvalue weighted by Gasteiger charge is -2.19. The van der Waals surface area contributed by atoms with E-state index in [4.69, 9.17) is 11.2 Å². The molecule has 0 aromatic rings. The van der Waals surface area contributed by atoms with Gasteiger partial charge >= 0.3 is 0 Å². The maximum absolute atomic E-state index is 11.3. The van der Waals surface area contributed by atoms with Gasteiger partial charge in [0.2, 0.25) is 5.91 Å². The lowest BCUT2D eigenvalue weighted by atomic mass is 10.2. The van der Waals surface area contributed by atoms with Crippen molar-refractivity contribution in [1.82, 2.24) is 5.32 Å². The normalized spacial score (nSPS) is 13.1. The van der Waals surface area contributed by atoms with E-state index in [-0.39, 0.29) is 24.2 Å². The van der Waals surface area contributed by atoms with Gasteiger partial charge in [-0.2, -0.15) is 0 Å². The topological polar surface area (TPSA) is 38.3 Å². The van der Waals surface area contributed by atoms with Crippen LogP contribution in [0.3, 0.4) is 0 Å².